The molecule has 1 aromatic rings. The van der Waals surface area contributed by atoms with Crippen molar-refractivity contribution in [1.82, 2.24) is 6.15 Å². The van der Waals surface area contributed by atoms with E-state index >= 15 is 0 Å². The molecule has 0 aliphatic rings. The number of benzene rings is 1. The van der Waals surface area contributed by atoms with Crippen molar-refractivity contribution in [1.29, 1.82) is 0 Å². The molecule has 0 aliphatic carbocycles. The van der Waals surface area contributed by atoms with Gasteiger partial charge < -0.3 is 18.6 Å². The molecule has 0 unspecified atom stereocenters. The van der Waals surface area contributed by atoms with Crippen LogP contribution in [0, 0.1) is 0 Å². The van der Waals surface area contributed by atoms with Gasteiger partial charge in [0.2, 0.25) is 0 Å². The van der Waals surface area contributed by atoms with Crippen LogP contribution < -0.4 is 18.6 Å². The number of rotatable bonds is 0. The summed E-state index contributed by atoms with van der Waals surface area (Å²) in [7, 11) is 0. The minimum absolute atomic E-state index is 0. The SMILES string of the molecule is Clc1ccccc1.[Cl-].[NH4+]. The summed E-state index contributed by atoms with van der Waals surface area (Å²) in [6, 6.07) is 9.44. The van der Waals surface area contributed by atoms with Gasteiger partial charge in [0.25, 0.3) is 0 Å². The van der Waals surface area contributed by atoms with Gasteiger partial charge in [-0.05, 0) is 12.1 Å². The summed E-state index contributed by atoms with van der Waals surface area (Å²) in [5.74, 6) is 0. The van der Waals surface area contributed by atoms with Gasteiger partial charge in [0.05, 0.1) is 0 Å². The largest absolute Gasteiger partial charge is 1.00 e. The smallest absolute Gasteiger partial charge is 0.0405 e. The molecule has 52 valence electrons. The summed E-state index contributed by atoms with van der Waals surface area (Å²) >= 11 is 5.54. The van der Waals surface area contributed by atoms with Crippen molar-refractivity contribution in [2.24, 2.45) is 0 Å². The summed E-state index contributed by atoms with van der Waals surface area (Å²) in [6.07, 6.45) is 0. The monoisotopic (exact) mass is 165 g/mol. The Balaban J connectivity index is 0. The summed E-state index contributed by atoms with van der Waals surface area (Å²) in [4.78, 5) is 0. The molecule has 0 bridgehead atoms. The first-order valence-electron chi connectivity index (χ1n) is 2.10. The lowest BCUT2D eigenvalue weighted by Crippen LogP contribution is -3.00. The van der Waals surface area contributed by atoms with Crippen molar-refractivity contribution in [2.45, 2.75) is 0 Å². The molecule has 0 aliphatic heterocycles. The highest BCUT2D eigenvalue weighted by atomic mass is 35.5. The van der Waals surface area contributed by atoms with Crippen LogP contribution in [0.2, 0.25) is 5.02 Å². The van der Waals surface area contributed by atoms with Crippen LogP contribution in [0.15, 0.2) is 30.3 Å². The topological polar surface area (TPSA) is 36.5 Å². The molecule has 1 rings (SSSR count). The lowest BCUT2D eigenvalue weighted by molar-refractivity contribution is -0.00000178. The van der Waals surface area contributed by atoms with Gasteiger partial charge in [-0.15, -0.1) is 0 Å². The zero-order chi connectivity index (χ0) is 5.11. The van der Waals surface area contributed by atoms with Crippen molar-refractivity contribution in [3.8, 4) is 0 Å². The van der Waals surface area contributed by atoms with Gasteiger partial charge in [-0.1, -0.05) is 29.8 Å². The third kappa shape index (κ3) is 4.28. The van der Waals surface area contributed by atoms with E-state index in [-0.39, 0.29) is 18.6 Å². The molecule has 9 heavy (non-hydrogen) atoms. The van der Waals surface area contributed by atoms with Crippen LogP contribution >= 0.6 is 11.6 Å². The van der Waals surface area contributed by atoms with Crippen molar-refractivity contribution in [3.63, 3.8) is 0 Å². The van der Waals surface area contributed by atoms with Crippen LogP contribution in [-0.4, -0.2) is 0 Å². The molecule has 3 heteroatoms. The molecule has 0 saturated carbocycles. The number of quaternary nitrogens is 1. The fourth-order valence-corrected chi connectivity index (χ4v) is 0.560. The summed E-state index contributed by atoms with van der Waals surface area (Å²) < 4.78 is 0. The van der Waals surface area contributed by atoms with Gasteiger partial charge in [-0.3, -0.25) is 0 Å². The van der Waals surface area contributed by atoms with Crippen molar-refractivity contribution >= 4 is 11.6 Å². The molecular formula is C6H9Cl2N. The van der Waals surface area contributed by atoms with Crippen molar-refractivity contribution in [2.75, 3.05) is 0 Å². The Morgan fingerprint density at radius 3 is 1.67 bits per heavy atom. The first kappa shape index (κ1) is 11.5. The molecule has 0 heterocycles. The molecule has 0 spiro atoms. The van der Waals surface area contributed by atoms with Crippen LogP contribution in [0.5, 0.6) is 0 Å². The van der Waals surface area contributed by atoms with E-state index in [4.69, 9.17) is 11.6 Å². The maximum atomic E-state index is 5.54. The maximum absolute atomic E-state index is 5.54. The molecular weight excluding hydrogens is 157 g/mol. The highest BCUT2D eigenvalue weighted by molar-refractivity contribution is 6.30. The predicted octanol–water partition coefficient (Wildman–Crippen LogP) is -0.280. The Morgan fingerprint density at radius 1 is 1.00 bits per heavy atom. The fourth-order valence-electron chi connectivity index (χ4n) is 0.415. The number of hydrogen-bond acceptors (Lipinski definition) is 0. The Kier molecular flexibility index (Phi) is 7.55. The molecule has 0 fully saturated rings. The molecule has 4 N–H and O–H groups in total. The van der Waals surface area contributed by atoms with Gasteiger partial charge in [-0.2, -0.15) is 0 Å². The second kappa shape index (κ2) is 5.89. The second-order valence-electron chi connectivity index (χ2n) is 1.30. The van der Waals surface area contributed by atoms with Crippen molar-refractivity contribution in [3.05, 3.63) is 35.4 Å². The van der Waals surface area contributed by atoms with E-state index in [9.17, 15) is 0 Å². The van der Waals surface area contributed by atoms with Gasteiger partial charge in [-0.25, -0.2) is 0 Å². The molecule has 0 aromatic heterocycles. The number of halogens is 2. The van der Waals surface area contributed by atoms with Crippen molar-refractivity contribution < 1.29 is 12.4 Å². The lowest BCUT2D eigenvalue weighted by Gasteiger charge is -1.80. The summed E-state index contributed by atoms with van der Waals surface area (Å²) in [5, 5.41) is 0.794. The first-order chi connectivity index (χ1) is 3.39. The lowest BCUT2D eigenvalue weighted by atomic mass is 10.4. The standard InChI is InChI=1S/C6H5Cl.ClH.H3N/c7-6-4-2-1-3-5-6;;/h1-5H;1H;1H3. The van der Waals surface area contributed by atoms with E-state index in [1.165, 1.54) is 0 Å². The maximum Gasteiger partial charge on any atom is 0.0405 e. The second-order valence-corrected chi connectivity index (χ2v) is 1.73. The minimum atomic E-state index is 0. The highest BCUT2D eigenvalue weighted by Crippen LogP contribution is 2.03. The van der Waals surface area contributed by atoms with Crippen LogP contribution in [0.3, 0.4) is 0 Å². The Morgan fingerprint density at radius 2 is 1.44 bits per heavy atom. The predicted molar refractivity (Wildman–Crippen MR) is 37.4 cm³/mol. The fraction of sp³-hybridized carbons (Fsp3) is 0. The molecule has 1 nitrogen and oxygen atoms in total. The normalized spacial score (nSPS) is 6.78. The Hall–Kier alpha value is -0.240. The van der Waals surface area contributed by atoms with E-state index in [1.807, 2.05) is 30.3 Å². The number of hydrogen-bond donors (Lipinski definition) is 1. The van der Waals surface area contributed by atoms with Gasteiger partial charge >= 0.3 is 0 Å². The van der Waals surface area contributed by atoms with E-state index in [2.05, 4.69) is 0 Å². The van der Waals surface area contributed by atoms with E-state index in [0.29, 0.717) is 0 Å². The summed E-state index contributed by atoms with van der Waals surface area (Å²) in [5.41, 5.74) is 0. The van der Waals surface area contributed by atoms with Crippen LogP contribution in [0.25, 0.3) is 0 Å². The molecule has 0 saturated heterocycles. The minimum Gasteiger partial charge on any atom is -1.00 e. The van der Waals surface area contributed by atoms with E-state index in [0.717, 1.165) is 5.02 Å². The third-order valence-corrected chi connectivity index (χ3v) is 0.985. The van der Waals surface area contributed by atoms with E-state index in [1.54, 1.807) is 0 Å². The quantitative estimate of drug-likeness (QED) is 0.550. The molecule has 0 atom stereocenters. The summed E-state index contributed by atoms with van der Waals surface area (Å²) in [6.45, 7) is 0. The Bertz CT molecular complexity index is 141. The average molecular weight is 166 g/mol. The van der Waals surface area contributed by atoms with Gasteiger partial charge in [0.1, 0.15) is 0 Å². The molecule has 0 amide bonds. The Labute approximate surface area is 66.0 Å². The molecule has 1 aromatic carbocycles. The van der Waals surface area contributed by atoms with Gasteiger partial charge in [0, 0.05) is 5.02 Å². The van der Waals surface area contributed by atoms with E-state index < -0.39 is 0 Å². The third-order valence-electron chi connectivity index (χ3n) is 0.733. The first-order valence-corrected chi connectivity index (χ1v) is 2.48. The van der Waals surface area contributed by atoms with Crippen LogP contribution in [-0.2, 0) is 0 Å². The molecule has 0 radical (unpaired) electrons. The van der Waals surface area contributed by atoms with Crippen LogP contribution in [0.4, 0.5) is 0 Å². The zero-order valence-electron chi connectivity index (χ0n) is 5.14. The zero-order valence-corrected chi connectivity index (χ0v) is 6.65. The average Bonchev–Trinajstić information content (AvgIpc) is 1.69. The van der Waals surface area contributed by atoms with Crippen LogP contribution in [0.1, 0.15) is 0 Å². The van der Waals surface area contributed by atoms with Gasteiger partial charge in [0.15, 0.2) is 0 Å². The highest BCUT2D eigenvalue weighted by Gasteiger charge is 1.74.